The summed E-state index contributed by atoms with van der Waals surface area (Å²) in [5, 5.41) is 0. The van der Waals surface area contributed by atoms with Gasteiger partial charge in [0.2, 0.25) is 0 Å². The monoisotopic (exact) mass is 522 g/mol. The topological polar surface area (TPSA) is 27.7 Å². The second kappa shape index (κ2) is 10.7. The first-order chi connectivity index (χ1) is 14.6. The predicted octanol–water partition coefficient (Wildman–Crippen LogP) is 6.51. The van der Waals surface area contributed by atoms with Crippen LogP contribution in [0.2, 0.25) is 0 Å². The molecule has 0 aliphatic heterocycles. The van der Waals surface area contributed by atoms with Gasteiger partial charge in [0.15, 0.2) is 13.3 Å². The van der Waals surface area contributed by atoms with Crippen LogP contribution in [0.3, 0.4) is 0 Å². The lowest BCUT2D eigenvalue weighted by atomic mass is 10.1. The second-order valence-corrected chi connectivity index (χ2v) is 6.23. The minimum Gasteiger partial charge on any atom is -0.467 e. The summed E-state index contributed by atoms with van der Waals surface area (Å²) in [4.78, 5) is 0. The highest BCUT2D eigenvalue weighted by atomic mass is 19.4. The van der Waals surface area contributed by atoms with Crippen molar-refractivity contribution >= 4 is 0 Å². The zero-order chi connectivity index (χ0) is 26.5. The van der Waals surface area contributed by atoms with Gasteiger partial charge < -0.3 is 14.2 Å². The molecule has 0 amide bonds. The quantitative estimate of drug-likeness (QED) is 0.171. The summed E-state index contributed by atoms with van der Waals surface area (Å²) in [7, 11) is 0. The average Bonchev–Trinajstić information content (AvgIpc) is 2.66. The van der Waals surface area contributed by atoms with Crippen LogP contribution in [0.4, 0.5) is 61.5 Å². The molecular formula is C16H16F14O3. The standard InChI is InChI=1S/C16H16F14O3/c1-9(3-5-31-15(27,28)13(23,24)11(19,20)7-17)33-10(2)4-6-32-16(29,30)14(25,26)12(21,22)8-18/h1-8H2. The molecule has 3 nitrogen and oxygen atoms in total. The molecule has 0 aliphatic carbocycles. The van der Waals surface area contributed by atoms with Crippen LogP contribution in [0.1, 0.15) is 12.8 Å². The number of hydrogen-bond donors (Lipinski definition) is 0. The summed E-state index contributed by atoms with van der Waals surface area (Å²) < 4.78 is 190. The van der Waals surface area contributed by atoms with Crippen LogP contribution in [-0.2, 0) is 14.2 Å². The third-order valence-electron chi connectivity index (χ3n) is 3.60. The van der Waals surface area contributed by atoms with Gasteiger partial charge in [-0.25, -0.2) is 8.78 Å². The van der Waals surface area contributed by atoms with E-state index in [1.54, 1.807) is 0 Å². The summed E-state index contributed by atoms with van der Waals surface area (Å²) in [6.07, 6.45) is -13.5. The first-order valence-electron chi connectivity index (χ1n) is 8.32. The highest BCUT2D eigenvalue weighted by Crippen LogP contribution is 2.47. The van der Waals surface area contributed by atoms with Gasteiger partial charge in [-0.1, -0.05) is 13.2 Å². The molecule has 0 N–H and O–H groups in total. The van der Waals surface area contributed by atoms with Gasteiger partial charge in [0.1, 0.15) is 0 Å². The molecule has 17 heteroatoms. The van der Waals surface area contributed by atoms with Crippen LogP contribution in [0.25, 0.3) is 0 Å². The number of rotatable bonds is 16. The molecule has 0 radical (unpaired) electrons. The Balaban J connectivity index is 4.65. The molecule has 0 heterocycles. The molecule has 0 spiro atoms. The summed E-state index contributed by atoms with van der Waals surface area (Å²) >= 11 is 0. The van der Waals surface area contributed by atoms with Crippen molar-refractivity contribution in [3.05, 3.63) is 24.7 Å². The molecule has 0 aliphatic rings. The number of ether oxygens (including phenoxy) is 3. The van der Waals surface area contributed by atoms with Gasteiger partial charge in [0.05, 0.1) is 24.7 Å². The summed E-state index contributed by atoms with van der Waals surface area (Å²) in [5.74, 6) is -25.3. The molecule has 0 atom stereocenters. The summed E-state index contributed by atoms with van der Waals surface area (Å²) in [6, 6.07) is 0. The first kappa shape index (κ1) is 31.2. The Morgan fingerprint density at radius 1 is 0.545 bits per heavy atom. The van der Waals surface area contributed by atoms with Crippen LogP contribution in [0, 0.1) is 0 Å². The van der Waals surface area contributed by atoms with E-state index in [2.05, 4.69) is 27.4 Å². The average molecular weight is 522 g/mol. The van der Waals surface area contributed by atoms with Crippen molar-refractivity contribution in [3.8, 4) is 0 Å². The van der Waals surface area contributed by atoms with Gasteiger partial charge in [-0.3, -0.25) is 0 Å². The third-order valence-corrected chi connectivity index (χ3v) is 3.60. The van der Waals surface area contributed by atoms with Gasteiger partial charge in [-0.15, -0.1) is 0 Å². The molecule has 0 aromatic carbocycles. The molecule has 0 aromatic heterocycles. The largest absolute Gasteiger partial charge is 0.467 e. The summed E-state index contributed by atoms with van der Waals surface area (Å²) in [6.45, 7) is -3.08. The van der Waals surface area contributed by atoms with Crippen molar-refractivity contribution in [2.24, 2.45) is 0 Å². The normalized spacial score (nSPS) is 14.4. The van der Waals surface area contributed by atoms with Crippen molar-refractivity contribution < 1.29 is 75.7 Å². The Bertz CT molecular complexity index is 621. The fraction of sp³-hybridized carbons (Fsp3) is 0.750. The third kappa shape index (κ3) is 7.10. The maximum absolute atomic E-state index is 13.1. The lowest BCUT2D eigenvalue weighted by Gasteiger charge is -2.30. The smallest absolute Gasteiger partial charge is 0.425 e. The molecule has 196 valence electrons. The molecule has 0 rings (SSSR count). The fourth-order valence-corrected chi connectivity index (χ4v) is 1.67. The van der Waals surface area contributed by atoms with E-state index in [9.17, 15) is 61.5 Å². The highest BCUT2D eigenvalue weighted by molar-refractivity contribution is 4.96. The number of alkyl halides is 14. The zero-order valence-corrected chi connectivity index (χ0v) is 16.2. The first-order valence-corrected chi connectivity index (χ1v) is 8.32. The Kier molecular flexibility index (Phi) is 10.1. The predicted molar refractivity (Wildman–Crippen MR) is 82.1 cm³/mol. The molecule has 33 heavy (non-hydrogen) atoms. The fourth-order valence-electron chi connectivity index (χ4n) is 1.67. The number of hydrogen-bond acceptors (Lipinski definition) is 3. The van der Waals surface area contributed by atoms with E-state index in [0.29, 0.717) is 0 Å². The lowest BCUT2D eigenvalue weighted by Crippen LogP contribution is -2.56. The molecule has 0 saturated carbocycles. The summed E-state index contributed by atoms with van der Waals surface area (Å²) in [5.41, 5.74) is 0. The molecule has 0 saturated heterocycles. The maximum atomic E-state index is 13.1. The Morgan fingerprint density at radius 3 is 1.06 bits per heavy atom. The van der Waals surface area contributed by atoms with Crippen molar-refractivity contribution in [2.75, 3.05) is 26.6 Å². The van der Waals surface area contributed by atoms with Crippen molar-refractivity contribution in [1.29, 1.82) is 0 Å². The van der Waals surface area contributed by atoms with Gasteiger partial charge >= 0.3 is 35.9 Å². The molecule has 0 unspecified atom stereocenters. The van der Waals surface area contributed by atoms with E-state index in [1.165, 1.54) is 0 Å². The van der Waals surface area contributed by atoms with Crippen LogP contribution in [0.5, 0.6) is 0 Å². The highest BCUT2D eigenvalue weighted by Gasteiger charge is 2.74. The minimum atomic E-state index is -6.23. The minimum absolute atomic E-state index is 0.655. The van der Waals surface area contributed by atoms with Gasteiger partial charge in [-0.2, -0.15) is 52.7 Å². The van der Waals surface area contributed by atoms with Crippen LogP contribution in [-0.4, -0.2) is 62.5 Å². The maximum Gasteiger partial charge on any atom is 0.425 e. The van der Waals surface area contributed by atoms with E-state index in [-0.39, 0.29) is 0 Å². The van der Waals surface area contributed by atoms with E-state index >= 15 is 0 Å². The van der Waals surface area contributed by atoms with Crippen LogP contribution in [0.15, 0.2) is 24.7 Å². The van der Waals surface area contributed by atoms with Crippen LogP contribution >= 0.6 is 0 Å². The molecule has 0 bridgehead atoms. The van der Waals surface area contributed by atoms with Gasteiger partial charge in [0.25, 0.3) is 0 Å². The van der Waals surface area contributed by atoms with Crippen molar-refractivity contribution in [2.45, 2.75) is 48.7 Å². The second-order valence-electron chi connectivity index (χ2n) is 6.23. The lowest BCUT2D eigenvalue weighted by molar-refractivity contribution is -0.399. The van der Waals surface area contributed by atoms with Gasteiger partial charge in [0, 0.05) is 12.8 Å². The van der Waals surface area contributed by atoms with Gasteiger partial charge in [-0.05, 0) is 0 Å². The Labute approximate surface area is 176 Å². The van der Waals surface area contributed by atoms with E-state index in [0.717, 1.165) is 0 Å². The van der Waals surface area contributed by atoms with Crippen molar-refractivity contribution in [3.63, 3.8) is 0 Å². The molecular weight excluding hydrogens is 506 g/mol. The van der Waals surface area contributed by atoms with Crippen molar-refractivity contribution in [1.82, 2.24) is 0 Å². The van der Waals surface area contributed by atoms with E-state index in [1.807, 2.05) is 0 Å². The number of halogens is 14. The Hall–Kier alpha value is -1.78. The molecule has 0 fully saturated rings. The zero-order valence-electron chi connectivity index (χ0n) is 16.2. The van der Waals surface area contributed by atoms with E-state index < -0.39 is 86.8 Å². The van der Waals surface area contributed by atoms with E-state index in [4.69, 9.17) is 0 Å². The molecule has 0 aromatic rings. The van der Waals surface area contributed by atoms with Crippen LogP contribution < -0.4 is 0 Å². The Morgan fingerprint density at radius 2 is 0.818 bits per heavy atom. The SMILES string of the molecule is C=C(CCOC(F)(F)C(F)(F)C(F)(F)CF)OC(=C)CCOC(F)(F)C(F)(F)C(F)(F)CF.